The van der Waals surface area contributed by atoms with E-state index in [-0.39, 0.29) is 0 Å². The van der Waals surface area contributed by atoms with E-state index in [1.807, 2.05) is 6.92 Å². The zero-order valence-corrected chi connectivity index (χ0v) is 9.20. The minimum absolute atomic E-state index is 0.500. The molecule has 0 radical (unpaired) electrons. The molecular weight excluding hydrogens is 188 g/mol. The Balaban J connectivity index is 4.20. The highest BCUT2D eigenvalue weighted by atomic mass is 16.5. The number of ether oxygens (including phenoxy) is 1. The number of rotatable bonds is 7. The average molecular weight is 206 g/mol. The highest BCUT2D eigenvalue weighted by Crippen LogP contribution is 2.11. The summed E-state index contributed by atoms with van der Waals surface area (Å²) in [7, 11) is 0. The molecule has 0 saturated heterocycles. The average Bonchev–Trinajstić information content (AvgIpc) is 2.27. The second-order valence-electron chi connectivity index (χ2n) is 2.93. The van der Waals surface area contributed by atoms with Gasteiger partial charge in [-0.1, -0.05) is 12.7 Å². The Kier molecular flexibility index (Phi) is 8.12. The first-order valence-electron chi connectivity index (χ1n) is 5.02. The number of nitriles is 1. The first-order valence-corrected chi connectivity index (χ1v) is 5.02. The summed E-state index contributed by atoms with van der Waals surface area (Å²) in [5.41, 5.74) is 5.86. The molecule has 0 atom stereocenters. The van der Waals surface area contributed by atoms with E-state index in [2.05, 4.69) is 12.6 Å². The minimum Gasteiger partial charge on any atom is -0.493 e. The zero-order valence-electron chi connectivity index (χ0n) is 9.20. The topological polar surface area (TPSA) is 59.0 Å². The van der Waals surface area contributed by atoms with Crippen molar-refractivity contribution >= 4 is 0 Å². The van der Waals surface area contributed by atoms with Gasteiger partial charge in [-0.25, -0.2) is 0 Å². The summed E-state index contributed by atoms with van der Waals surface area (Å²) in [4.78, 5) is 0. The fourth-order valence-electron chi connectivity index (χ4n) is 1.04. The number of nitrogens with two attached hydrogens (primary N) is 1. The molecule has 0 bridgehead atoms. The molecule has 0 aliphatic carbocycles. The lowest BCUT2D eigenvalue weighted by Gasteiger charge is -2.08. The number of nitrogens with zero attached hydrogens (tertiary/aromatic N) is 1. The van der Waals surface area contributed by atoms with E-state index < -0.39 is 0 Å². The smallest absolute Gasteiger partial charge is 0.132 e. The van der Waals surface area contributed by atoms with Crippen molar-refractivity contribution in [2.75, 3.05) is 13.2 Å². The van der Waals surface area contributed by atoms with Crippen molar-refractivity contribution in [3.63, 3.8) is 0 Å². The first-order chi connectivity index (χ1) is 7.29. The van der Waals surface area contributed by atoms with E-state index >= 15 is 0 Å². The van der Waals surface area contributed by atoms with Gasteiger partial charge in [-0.3, -0.25) is 0 Å². The lowest BCUT2D eigenvalue weighted by atomic mass is 10.2. The second-order valence-corrected chi connectivity index (χ2v) is 2.93. The van der Waals surface area contributed by atoms with Crippen molar-refractivity contribution in [3.8, 4) is 6.07 Å². The third-order valence-corrected chi connectivity index (χ3v) is 1.79. The molecule has 3 heteroatoms. The predicted molar refractivity (Wildman–Crippen MR) is 61.9 cm³/mol. The van der Waals surface area contributed by atoms with Crippen LogP contribution in [0.4, 0.5) is 0 Å². The Bertz CT molecular complexity index is 284. The maximum Gasteiger partial charge on any atom is 0.132 e. The fraction of sp³-hybridized carbons (Fsp3) is 0.417. The summed E-state index contributed by atoms with van der Waals surface area (Å²) in [5.74, 6) is 0.606. The van der Waals surface area contributed by atoms with Gasteiger partial charge in [0.2, 0.25) is 0 Å². The van der Waals surface area contributed by atoms with Crippen LogP contribution in [0.15, 0.2) is 36.1 Å². The van der Waals surface area contributed by atoms with Crippen LogP contribution in [-0.4, -0.2) is 13.2 Å². The van der Waals surface area contributed by atoms with E-state index in [0.29, 0.717) is 24.5 Å². The van der Waals surface area contributed by atoms with Gasteiger partial charge in [-0.05, 0) is 38.5 Å². The molecule has 0 aromatic rings. The maximum absolute atomic E-state index is 8.85. The summed E-state index contributed by atoms with van der Waals surface area (Å²) in [5, 5.41) is 8.85. The fourth-order valence-corrected chi connectivity index (χ4v) is 1.04. The zero-order chi connectivity index (χ0) is 11.5. The van der Waals surface area contributed by atoms with Crippen LogP contribution in [0.2, 0.25) is 0 Å². The van der Waals surface area contributed by atoms with Gasteiger partial charge in [0.25, 0.3) is 0 Å². The van der Waals surface area contributed by atoms with Crippen LogP contribution in [0.25, 0.3) is 0 Å². The minimum atomic E-state index is 0.500. The second kappa shape index (κ2) is 9.04. The van der Waals surface area contributed by atoms with Crippen LogP contribution in [0.3, 0.4) is 0 Å². The van der Waals surface area contributed by atoms with Gasteiger partial charge in [0.05, 0.1) is 12.2 Å². The van der Waals surface area contributed by atoms with Gasteiger partial charge in [-0.15, -0.1) is 0 Å². The third kappa shape index (κ3) is 5.71. The standard InChI is InChI=1S/C12H18N2O/c1-3-7-11(10-14)12(4-2)15-9-6-5-8-13/h3-4,7H,1,5-6,8-9,13H2,2H3/b11-7-,12-4+. The monoisotopic (exact) mass is 206 g/mol. The van der Waals surface area contributed by atoms with Crippen molar-refractivity contribution in [3.05, 3.63) is 36.1 Å². The van der Waals surface area contributed by atoms with Gasteiger partial charge >= 0.3 is 0 Å². The molecule has 0 unspecified atom stereocenters. The molecule has 3 nitrogen and oxygen atoms in total. The molecule has 0 amide bonds. The van der Waals surface area contributed by atoms with Crippen molar-refractivity contribution in [2.24, 2.45) is 5.73 Å². The SMILES string of the molecule is C=C/C=C(C#N)\C(=C/C)OCCCCN. The van der Waals surface area contributed by atoms with Crippen molar-refractivity contribution in [1.29, 1.82) is 5.26 Å². The molecule has 0 aromatic carbocycles. The lowest BCUT2D eigenvalue weighted by Crippen LogP contribution is -2.02. The van der Waals surface area contributed by atoms with Crippen LogP contribution < -0.4 is 5.73 Å². The normalized spacial score (nSPS) is 12.1. The largest absolute Gasteiger partial charge is 0.493 e. The van der Waals surface area contributed by atoms with E-state index in [0.717, 1.165) is 12.8 Å². The Morgan fingerprint density at radius 2 is 2.27 bits per heavy atom. The van der Waals surface area contributed by atoms with Gasteiger partial charge in [0.1, 0.15) is 11.8 Å². The molecule has 0 rings (SSSR count). The quantitative estimate of drug-likeness (QED) is 0.301. The predicted octanol–water partition coefficient (Wildman–Crippen LogP) is 2.28. The summed E-state index contributed by atoms with van der Waals surface area (Å²) < 4.78 is 5.47. The highest BCUT2D eigenvalue weighted by molar-refractivity contribution is 5.40. The van der Waals surface area contributed by atoms with Crippen LogP contribution in [0.5, 0.6) is 0 Å². The maximum atomic E-state index is 8.85. The number of hydrogen-bond acceptors (Lipinski definition) is 3. The third-order valence-electron chi connectivity index (χ3n) is 1.79. The lowest BCUT2D eigenvalue weighted by molar-refractivity contribution is 0.215. The van der Waals surface area contributed by atoms with E-state index in [1.165, 1.54) is 0 Å². The molecule has 0 aliphatic rings. The molecule has 0 fully saturated rings. The van der Waals surface area contributed by atoms with Gasteiger partial charge in [-0.2, -0.15) is 5.26 Å². The van der Waals surface area contributed by atoms with Gasteiger partial charge in [0, 0.05) is 0 Å². The van der Waals surface area contributed by atoms with Crippen LogP contribution in [0.1, 0.15) is 19.8 Å². The Labute approximate surface area is 91.5 Å². The van der Waals surface area contributed by atoms with Crippen molar-refractivity contribution < 1.29 is 4.74 Å². The molecule has 0 aliphatic heterocycles. The molecule has 0 heterocycles. The summed E-state index contributed by atoms with van der Waals surface area (Å²) in [6.07, 6.45) is 6.83. The Morgan fingerprint density at radius 1 is 1.53 bits per heavy atom. The van der Waals surface area contributed by atoms with Gasteiger partial charge in [0.15, 0.2) is 0 Å². The number of hydrogen-bond donors (Lipinski definition) is 1. The summed E-state index contributed by atoms with van der Waals surface area (Å²) in [6, 6.07) is 2.07. The highest BCUT2D eigenvalue weighted by Gasteiger charge is 2.03. The van der Waals surface area contributed by atoms with E-state index in [4.69, 9.17) is 15.7 Å². The van der Waals surface area contributed by atoms with Gasteiger partial charge < -0.3 is 10.5 Å². The molecule has 2 N–H and O–H groups in total. The molecular formula is C12H18N2O. The Hall–Kier alpha value is -1.53. The molecule has 0 saturated carbocycles. The van der Waals surface area contributed by atoms with Crippen molar-refractivity contribution in [2.45, 2.75) is 19.8 Å². The summed E-state index contributed by atoms with van der Waals surface area (Å²) >= 11 is 0. The molecule has 0 aromatic heterocycles. The molecule has 15 heavy (non-hydrogen) atoms. The van der Waals surface area contributed by atoms with Crippen molar-refractivity contribution in [1.82, 2.24) is 0 Å². The molecule has 0 spiro atoms. The van der Waals surface area contributed by atoms with Crippen LogP contribution in [0, 0.1) is 11.3 Å². The molecule has 82 valence electrons. The summed E-state index contributed by atoms with van der Waals surface area (Å²) in [6.45, 7) is 6.65. The number of unbranched alkanes of at least 4 members (excludes halogenated alkanes) is 1. The van der Waals surface area contributed by atoms with E-state index in [9.17, 15) is 0 Å². The van der Waals surface area contributed by atoms with Crippen LogP contribution in [-0.2, 0) is 4.74 Å². The van der Waals surface area contributed by atoms with E-state index in [1.54, 1.807) is 18.2 Å². The Morgan fingerprint density at radius 3 is 2.73 bits per heavy atom. The van der Waals surface area contributed by atoms with Crippen LogP contribution >= 0.6 is 0 Å². The number of allylic oxidation sites excluding steroid dienone is 4. The first kappa shape index (κ1) is 13.5.